The summed E-state index contributed by atoms with van der Waals surface area (Å²) in [6, 6.07) is 4.03. The fourth-order valence-electron chi connectivity index (χ4n) is 4.29. The van der Waals surface area contributed by atoms with E-state index >= 15 is 0 Å². The minimum atomic E-state index is -1.13. The number of aliphatic hydroxyl groups is 1. The van der Waals surface area contributed by atoms with Crippen LogP contribution >= 0.6 is 11.3 Å². The van der Waals surface area contributed by atoms with E-state index in [0.717, 1.165) is 16.1 Å². The third-order valence-electron chi connectivity index (χ3n) is 6.15. The van der Waals surface area contributed by atoms with E-state index in [1.165, 1.54) is 23.2 Å². The second-order valence-electron chi connectivity index (χ2n) is 10.1. The van der Waals surface area contributed by atoms with Crippen LogP contribution in [-0.2, 0) is 19.2 Å². The molecule has 1 fully saturated rings. The number of aromatic nitrogens is 1. The molecule has 2 heterocycles. The zero-order chi connectivity index (χ0) is 26.8. The second-order valence-corrected chi connectivity index (χ2v) is 11.0. The summed E-state index contributed by atoms with van der Waals surface area (Å²) in [6.45, 7) is 8.56. The lowest BCUT2D eigenvalue weighted by molar-refractivity contribution is -0.144. The van der Waals surface area contributed by atoms with Gasteiger partial charge in [0.25, 0.3) is 0 Å². The van der Waals surface area contributed by atoms with Gasteiger partial charge in [-0.15, -0.1) is 11.3 Å². The number of nitrogens with zero attached hydrogens (tertiary/aromatic N) is 2. The number of carbonyl (C=O) groups is 4. The predicted octanol–water partition coefficient (Wildman–Crippen LogP) is 1.27. The highest BCUT2D eigenvalue weighted by molar-refractivity contribution is 7.13. The number of carbonyl (C=O) groups excluding carboxylic acids is 4. The number of hydrogen-bond donors (Lipinski definition) is 4. The molecule has 0 aliphatic carbocycles. The van der Waals surface area contributed by atoms with Crippen molar-refractivity contribution < 1.29 is 24.3 Å². The first kappa shape index (κ1) is 27.3. The number of nitrogens with one attached hydrogen (secondary N) is 2. The minimum absolute atomic E-state index is 0.00355. The Morgan fingerprint density at radius 3 is 2.31 bits per heavy atom. The van der Waals surface area contributed by atoms with Gasteiger partial charge in [-0.25, -0.2) is 4.98 Å². The van der Waals surface area contributed by atoms with Crippen LogP contribution in [0.25, 0.3) is 10.4 Å². The normalized spacial score (nSPS) is 19.4. The van der Waals surface area contributed by atoms with Crippen LogP contribution in [0.1, 0.15) is 51.4 Å². The van der Waals surface area contributed by atoms with E-state index in [1.807, 2.05) is 19.1 Å². The van der Waals surface area contributed by atoms with Crippen LogP contribution in [0.15, 0.2) is 29.8 Å². The molecular formula is C25H33N5O5S. The molecule has 0 saturated carbocycles. The summed E-state index contributed by atoms with van der Waals surface area (Å²) in [5, 5.41) is 15.6. The Morgan fingerprint density at radius 1 is 1.17 bits per heavy atom. The number of β-amino-alcohol motifs (C(OH)–C–C–N with tert-alkyl or cyclic N) is 1. The van der Waals surface area contributed by atoms with Crippen LogP contribution in [-0.4, -0.2) is 63.4 Å². The molecule has 2 aromatic rings. The third kappa shape index (κ3) is 6.08. The topological polar surface area (TPSA) is 155 Å². The Kier molecular flexibility index (Phi) is 8.15. The Morgan fingerprint density at radius 2 is 1.81 bits per heavy atom. The molecule has 194 valence electrons. The molecule has 3 rings (SSSR count). The van der Waals surface area contributed by atoms with Crippen LogP contribution in [0.4, 0.5) is 0 Å². The number of benzene rings is 1. The molecule has 4 atom stereocenters. The highest BCUT2D eigenvalue weighted by Gasteiger charge is 2.44. The van der Waals surface area contributed by atoms with Crippen LogP contribution in [0, 0.1) is 12.3 Å². The molecule has 0 radical (unpaired) electrons. The van der Waals surface area contributed by atoms with Crippen LogP contribution in [0.5, 0.6) is 0 Å². The first-order valence-electron chi connectivity index (χ1n) is 11.6. The van der Waals surface area contributed by atoms with Crippen molar-refractivity contribution in [2.75, 3.05) is 6.54 Å². The highest BCUT2D eigenvalue weighted by atomic mass is 32.1. The molecule has 0 spiro atoms. The second kappa shape index (κ2) is 10.8. The van der Waals surface area contributed by atoms with Gasteiger partial charge >= 0.3 is 0 Å². The van der Waals surface area contributed by atoms with Gasteiger partial charge in [-0.3, -0.25) is 19.2 Å². The molecule has 1 aromatic heterocycles. The van der Waals surface area contributed by atoms with E-state index < -0.39 is 47.4 Å². The molecule has 1 aliphatic heterocycles. The van der Waals surface area contributed by atoms with E-state index in [0.29, 0.717) is 5.56 Å². The molecule has 5 N–H and O–H groups in total. The summed E-state index contributed by atoms with van der Waals surface area (Å²) >= 11 is 1.50. The molecule has 1 aliphatic rings. The minimum Gasteiger partial charge on any atom is -0.391 e. The van der Waals surface area contributed by atoms with Gasteiger partial charge in [-0.1, -0.05) is 45.0 Å². The Balaban J connectivity index is 1.81. The molecule has 11 heteroatoms. The number of primary amides is 1. The van der Waals surface area contributed by atoms with Gasteiger partial charge in [0, 0.05) is 19.9 Å². The number of aryl methyl sites for hydroxylation is 1. The van der Waals surface area contributed by atoms with Gasteiger partial charge in [-0.2, -0.15) is 0 Å². The van der Waals surface area contributed by atoms with Crippen LogP contribution in [0.3, 0.4) is 0 Å². The lowest BCUT2D eigenvalue weighted by Crippen LogP contribution is -2.57. The van der Waals surface area contributed by atoms with Gasteiger partial charge in [0.2, 0.25) is 23.6 Å². The number of nitrogens with two attached hydrogens (primary N) is 1. The van der Waals surface area contributed by atoms with Crippen molar-refractivity contribution in [1.29, 1.82) is 0 Å². The molecule has 4 amide bonds. The maximum absolute atomic E-state index is 13.4. The average molecular weight is 516 g/mol. The molecule has 0 bridgehead atoms. The molecule has 1 unspecified atom stereocenters. The Labute approximate surface area is 214 Å². The van der Waals surface area contributed by atoms with E-state index in [9.17, 15) is 24.3 Å². The standard InChI is InChI=1S/C25H33N5O5S/c1-13-20(36-12-27-13)16-8-6-15(7-9-16)19(22(26)33)29-23(34)18-10-17(32)11-30(18)24(35)21(25(3,4)5)28-14(2)31/h6-9,12,17-19,21,32H,10-11H2,1-5H3,(H2,26,33)(H,28,31)(H,29,34)/t17-,18+,19?,21-/m1/s1. The zero-order valence-electron chi connectivity index (χ0n) is 21.1. The summed E-state index contributed by atoms with van der Waals surface area (Å²) < 4.78 is 0. The zero-order valence-corrected chi connectivity index (χ0v) is 21.9. The average Bonchev–Trinajstić information content (AvgIpc) is 3.40. The smallest absolute Gasteiger partial charge is 0.246 e. The predicted molar refractivity (Wildman–Crippen MR) is 136 cm³/mol. The number of amides is 4. The largest absolute Gasteiger partial charge is 0.391 e. The van der Waals surface area contributed by atoms with Gasteiger partial charge < -0.3 is 26.4 Å². The lowest BCUT2D eigenvalue weighted by Gasteiger charge is -2.35. The summed E-state index contributed by atoms with van der Waals surface area (Å²) in [6.07, 6.45) is -0.916. The quantitative estimate of drug-likeness (QED) is 0.435. The van der Waals surface area contributed by atoms with E-state index in [1.54, 1.807) is 38.4 Å². The number of thiazole rings is 1. The summed E-state index contributed by atoms with van der Waals surface area (Å²) in [4.78, 5) is 57.2. The number of hydrogen-bond acceptors (Lipinski definition) is 7. The van der Waals surface area contributed by atoms with Crippen molar-refractivity contribution in [3.05, 3.63) is 41.0 Å². The molecule has 10 nitrogen and oxygen atoms in total. The van der Waals surface area contributed by atoms with Crippen molar-refractivity contribution in [1.82, 2.24) is 20.5 Å². The Hall–Kier alpha value is -3.31. The molecule has 1 saturated heterocycles. The molecule has 36 heavy (non-hydrogen) atoms. The van der Waals surface area contributed by atoms with Gasteiger partial charge in [0.05, 0.1) is 22.2 Å². The van der Waals surface area contributed by atoms with Crippen molar-refractivity contribution in [3.8, 4) is 10.4 Å². The number of aliphatic hydroxyl groups excluding tert-OH is 1. The molecule has 1 aromatic carbocycles. The van der Waals surface area contributed by atoms with Gasteiger partial charge in [0.15, 0.2) is 0 Å². The monoisotopic (exact) mass is 515 g/mol. The number of likely N-dealkylation sites (tertiary alicyclic amines) is 1. The molecular weight excluding hydrogens is 482 g/mol. The third-order valence-corrected chi connectivity index (χ3v) is 7.13. The summed E-state index contributed by atoms with van der Waals surface area (Å²) in [7, 11) is 0. The van der Waals surface area contributed by atoms with Gasteiger partial charge in [0.1, 0.15) is 18.1 Å². The van der Waals surface area contributed by atoms with Crippen molar-refractivity contribution in [2.45, 2.75) is 65.3 Å². The maximum Gasteiger partial charge on any atom is 0.246 e. The van der Waals surface area contributed by atoms with Crippen LogP contribution < -0.4 is 16.4 Å². The first-order valence-corrected chi connectivity index (χ1v) is 12.5. The fourth-order valence-corrected chi connectivity index (χ4v) is 5.10. The van der Waals surface area contributed by atoms with E-state index in [2.05, 4.69) is 15.6 Å². The Bertz CT molecular complexity index is 1140. The summed E-state index contributed by atoms with van der Waals surface area (Å²) in [5.74, 6) is -2.22. The van der Waals surface area contributed by atoms with Crippen molar-refractivity contribution >= 4 is 35.0 Å². The van der Waals surface area contributed by atoms with Crippen molar-refractivity contribution in [3.63, 3.8) is 0 Å². The SMILES string of the molecule is CC(=O)N[C@H](C(=O)N1C[C@H](O)C[C@H]1C(=O)NC(C(N)=O)c1ccc(-c2scnc2C)cc1)C(C)(C)C. The highest BCUT2D eigenvalue weighted by Crippen LogP contribution is 2.29. The summed E-state index contributed by atoms with van der Waals surface area (Å²) in [5.41, 5.74) is 9.05. The lowest BCUT2D eigenvalue weighted by atomic mass is 9.85. The first-order chi connectivity index (χ1) is 16.8. The van der Waals surface area contributed by atoms with Crippen molar-refractivity contribution in [2.24, 2.45) is 11.1 Å². The fraction of sp³-hybridized carbons (Fsp3) is 0.480. The maximum atomic E-state index is 13.4. The van der Waals surface area contributed by atoms with Gasteiger partial charge in [-0.05, 0) is 23.5 Å². The van der Waals surface area contributed by atoms with E-state index in [4.69, 9.17) is 5.73 Å². The van der Waals surface area contributed by atoms with E-state index in [-0.39, 0.29) is 18.9 Å². The van der Waals surface area contributed by atoms with Crippen LogP contribution in [0.2, 0.25) is 0 Å². The number of rotatable bonds is 7.